The number of fused-ring (bicyclic) bond motifs is 1. The number of nitrogens with zero attached hydrogens (tertiary/aromatic N) is 4. The minimum absolute atomic E-state index is 0.0954. The molecule has 10 heteroatoms. The lowest BCUT2D eigenvalue weighted by atomic mass is 9.98. The van der Waals surface area contributed by atoms with Gasteiger partial charge in [0.15, 0.2) is 0 Å². The number of aryl methyl sites for hydroxylation is 1. The molecule has 8 nitrogen and oxygen atoms in total. The average Bonchev–Trinajstić information content (AvgIpc) is 3.48. The van der Waals surface area contributed by atoms with Crippen LogP contribution < -0.4 is 5.32 Å². The van der Waals surface area contributed by atoms with Gasteiger partial charge in [-0.3, -0.25) is 9.79 Å². The van der Waals surface area contributed by atoms with Crippen molar-refractivity contribution in [2.75, 3.05) is 25.1 Å². The van der Waals surface area contributed by atoms with E-state index in [4.69, 9.17) is 4.74 Å². The van der Waals surface area contributed by atoms with E-state index in [2.05, 4.69) is 20.3 Å². The second kappa shape index (κ2) is 8.18. The number of hydrogen-bond donors (Lipinski definition) is 2. The maximum atomic E-state index is 14.5. The first kappa shape index (κ1) is 20.9. The molecular formula is C22H23F2N5O3. The van der Waals surface area contributed by atoms with E-state index in [1.807, 2.05) is 6.92 Å². The summed E-state index contributed by atoms with van der Waals surface area (Å²) in [6.07, 6.45) is -0.454. The fourth-order valence-electron chi connectivity index (χ4n) is 4.57. The first-order chi connectivity index (χ1) is 15.4. The van der Waals surface area contributed by atoms with Crippen LogP contribution in [0.4, 0.5) is 14.6 Å². The second-order valence-electron chi connectivity index (χ2n) is 8.37. The number of anilines is 1. The number of rotatable bonds is 4. The molecule has 1 amide bonds. The van der Waals surface area contributed by atoms with E-state index in [0.717, 1.165) is 5.56 Å². The third-order valence-electron chi connectivity index (χ3n) is 6.24. The Kier molecular flexibility index (Phi) is 5.34. The number of carbonyl (C=O) groups is 1. The standard InChI is InChI=1S/C22H23F2N5O3/c1-11-2-3-12(23)4-14(11)17-5-13(24)7-29(17)22(31)20-19-15(6-25-20)26-10-27-21(19)28-16-8-32-9-18(16)30/h2-4,10,13,16-18,30H,5-9H2,1H3,(H,26,27,28)/t13-,16+,17+,18+/m0/s1. The lowest BCUT2D eigenvalue weighted by Crippen LogP contribution is -2.38. The van der Waals surface area contributed by atoms with Crippen LogP contribution in [0.3, 0.4) is 0 Å². The number of likely N-dealkylation sites (tertiary alicyclic amines) is 1. The zero-order valence-electron chi connectivity index (χ0n) is 17.5. The molecule has 4 atom stereocenters. The molecule has 32 heavy (non-hydrogen) atoms. The van der Waals surface area contributed by atoms with Crippen LogP contribution in [0.5, 0.6) is 0 Å². The predicted molar refractivity (Wildman–Crippen MR) is 112 cm³/mol. The molecular weight excluding hydrogens is 420 g/mol. The number of aliphatic hydroxyl groups excluding tert-OH is 1. The van der Waals surface area contributed by atoms with Crippen molar-refractivity contribution in [3.8, 4) is 0 Å². The van der Waals surface area contributed by atoms with Crippen LogP contribution in [-0.2, 0) is 16.1 Å². The van der Waals surface area contributed by atoms with Gasteiger partial charge in [0.1, 0.15) is 29.8 Å². The van der Waals surface area contributed by atoms with Crippen molar-refractivity contribution in [1.29, 1.82) is 0 Å². The fraction of sp³-hybridized carbons (Fsp3) is 0.455. The zero-order chi connectivity index (χ0) is 22.4. The molecule has 0 saturated carbocycles. The van der Waals surface area contributed by atoms with Gasteiger partial charge in [-0.25, -0.2) is 18.7 Å². The summed E-state index contributed by atoms with van der Waals surface area (Å²) in [5.41, 5.74) is 2.55. The van der Waals surface area contributed by atoms with E-state index in [0.29, 0.717) is 29.2 Å². The van der Waals surface area contributed by atoms with Crippen molar-refractivity contribution < 1.29 is 23.4 Å². The first-order valence-electron chi connectivity index (χ1n) is 10.5. The third kappa shape index (κ3) is 3.63. The van der Waals surface area contributed by atoms with Gasteiger partial charge in [0.05, 0.1) is 55.7 Å². The van der Waals surface area contributed by atoms with E-state index in [-0.39, 0.29) is 37.9 Å². The minimum atomic E-state index is -1.22. The number of benzene rings is 1. The molecule has 0 spiro atoms. The molecule has 1 aromatic heterocycles. The number of amides is 1. The maximum Gasteiger partial charge on any atom is 0.273 e. The summed E-state index contributed by atoms with van der Waals surface area (Å²) >= 11 is 0. The summed E-state index contributed by atoms with van der Waals surface area (Å²) in [6, 6.07) is 3.37. The number of halogens is 2. The Labute approximate surface area is 183 Å². The van der Waals surface area contributed by atoms with E-state index in [9.17, 15) is 18.7 Å². The van der Waals surface area contributed by atoms with Crippen molar-refractivity contribution >= 4 is 17.4 Å². The minimum Gasteiger partial charge on any atom is -0.388 e. The molecule has 2 saturated heterocycles. The number of ether oxygens (including phenoxy) is 1. The first-order valence-corrected chi connectivity index (χ1v) is 10.5. The molecule has 0 unspecified atom stereocenters. The quantitative estimate of drug-likeness (QED) is 0.747. The molecule has 0 bridgehead atoms. The Morgan fingerprint density at radius 2 is 2.16 bits per heavy atom. The smallest absolute Gasteiger partial charge is 0.273 e. The highest BCUT2D eigenvalue weighted by atomic mass is 19.1. The number of aliphatic imine (C=N–C) groups is 1. The zero-order valence-corrected chi connectivity index (χ0v) is 17.5. The lowest BCUT2D eigenvalue weighted by Gasteiger charge is -2.26. The van der Waals surface area contributed by atoms with E-state index in [1.54, 1.807) is 6.07 Å². The van der Waals surface area contributed by atoms with Gasteiger partial charge < -0.3 is 20.1 Å². The lowest BCUT2D eigenvalue weighted by molar-refractivity contribution is -0.125. The topological polar surface area (TPSA) is 99.9 Å². The van der Waals surface area contributed by atoms with Crippen LogP contribution in [0.2, 0.25) is 0 Å². The Morgan fingerprint density at radius 1 is 1.31 bits per heavy atom. The average molecular weight is 443 g/mol. The number of carbonyl (C=O) groups excluding carboxylic acids is 1. The van der Waals surface area contributed by atoms with Gasteiger partial charge in [0, 0.05) is 6.42 Å². The number of nitrogens with one attached hydrogen (secondary N) is 1. The number of alkyl halides is 1. The molecule has 5 rings (SSSR count). The van der Waals surface area contributed by atoms with Crippen LogP contribution in [-0.4, -0.2) is 69.7 Å². The number of aromatic nitrogens is 2. The Morgan fingerprint density at radius 3 is 2.94 bits per heavy atom. The highest BCUT2D eigenvalue weighted by Crippen LogP contribution is 2.37. The van der Waals surface area contributed by atoms with E-state index < -0.39 is 30.0 Å². The maximum absolute atomic E-state index is 14.5. The normalized spacial score (nSPS) is 26.9. The van der Waals surface area contributed by atoms with Gasteiger partial charge in [-0.15, -0.1) is 0 Å². The summed E-state index contributed by atoms with van der Waals surface area (Å²) in [6.45, 7) is 2.44. The van der Waals surface area contributed by atoms with Crippen LogP contribution in [0.15, 0.2) is 29.5 Å². The van der Waals surface area contributed by atoms with E-state index >= 15 is 0 Å². The molecule has 1 aromatic carbocycles. The molecule has 2 aromatic rings. The van der Waals surface area contributed by atoms with Gasteiger partial charge in [0.2, 0.25) is 0 Å². The molecule has 0 aliphatic carbocycles. The molecule has 3 aliphatic heterocycles. The van der Waals surface area contributed by atoms with Crippen molar-refractivity contribution in [2.24, 2.45) is 4.99 Å². The largest absolute Gasteiger partial charge is 0.388 e. The summed E-state index contributed by atoms with van der Waals surface area (Å²) in [5.74, 6) is -0.497. The van der Waals surface area contributed by atoms with Crippen LogP contribution in [0.25, 0.3) is 0 Å². The Hall–Kier alpha value is -2.98. The van der Waals surface area contributed by atoms with Crippen molar-refractivity contribution in [3.63, 3.8) is 0 Å². The molecule has 2 N–H and O–H groups in total. The molecule has 168 valence electrons. The monoisotopic (exact) mass is 443 g/mol. The van der Waals surface area contributed by atoms with Crippen molar-refractivity contribution in [2.45, 2.75) is 44.2 Å². The highest BCUT2D eigenvalue weighted by Gasteiger charge is 2.41. The number of hydrogen-bond acceptors (Lipinski definition) is 7. The fourth-order valence-corrected chi connectivity index (χ4v) is 4.57. The van der Waals surface area contributed by atoms with Gasteiger partial charge >= 0.3 is 0 Å². The summed E-state index contributed by atoms with van der Waals surface area (Å²) in [5, 5.41) is 13.2. The molecule has 3 aliphatic rings. The van der Waals surface area contributed by atoms with Gasteiger partial charge in [-0.2, -0.15) is 0 Å². The van der Waals surface area contributed by atoms with Gasteiger partial charge in [-0.05, 0) is 30.2 Å². The van der Waals surface area contributed by atoms with Crippen LogP contribution >= 0.6 is 0 Å². The SMILES string of the molecule is Cc1ccc(F)cc1[C@H]1C[C@H](F)CN1C(=O)C1=NCc2ncnc(N[C@@H]3COC[C@H]3O)c21. The Balaban J connectivity index is 1.46. The van der Waals surface area contributed by atoms with Crippen molar-refractivity contribution in [3.05, 3.63) is 52.7 Å². The van der Waals surface area contributed by atoms with Crippen molar-refractivity contribution in [1.82, 2.24) is 14.9 Å². The second-order valence-corrected chi connectivity index (χ2v) is 8.37. The van der Waals surface area contributed by atoms with Crippen LogP contribution in [0, 0.1) is 12.7 Å². The summed E-state index contributed by atoms with van der Waals surface area (Å²) in [4.78, 5) is 27.9. The molecule has 2 fully saturated rings. The van der Waals surface area contributed by atoms with E-state index in [1.165, 1.54) is 23.4 Å². The predicted octanol–water partition coefficient (Wildman–Crippen LogP) is 1.71. The van der Waals surface area contributed by atoms with Gasteiger partial charge in [-0.1, -0.05) is 6.07 Å². The number of aliphatic hydroxyl groups is 1. The summed E-state index contributed by atoms with van der Waals surface area (Å²) in [7, 11) is 0. The van der Waals surface area contributed by atoms with Gasteiger partial charge in [0.25, 0.3) is 5.91 Å². The Bertz CT molecular complexity index is 1100. The third-order valence-corrected chi connectivity index (χ3v) is 6.24. The highest BCUT2D eigenvalue weighted by molar-refractivity contribution is 6.47. The summed E-state index contributed by atoms with van der Waals surface area (Å²) < 4.78 is 33.7. The molecule has 4 heterocycles. The molecule has 0 radical (unpaired) electrons. The van der Waals surface area contributed by atoms with Crippen LogP contribution in [0.1, 0.15) is 34.8 Å².